The van der Waals surface area contributed by atoms with Crippen LogP contribution < -0.4 is 11.3 Å². The summed E-state index contributed by atoms with van der Waals surface area (Å²) in [7, 11) is 0. The van der Waals surface area contributed by atoms with Crippen molar-refractivity contribution in [2.24, 2.45) is 5.84 Å². The van der Waals surface area contributed by atoms with Crippen molar-refractivity contribution in [2.45, 2.75) is 18.9 Å². The first kappa shape index (κ1) is 13.7. The molecule has 18 heavy (non-hydrogen) atoms. The first-order chi connectivity index (χ1) is 8.70. The average molecular weight is 329 g/mol. The molecule has 0 saturated carbocycles. The van der Waals surface area contributed by atoms with Crippen molar-refractivity contribution in [3.05, 3.63) is 56.4 Å². The molecular weight excluding hydrogens is 315 g/mol. The van der Waals surface area contributed by atoms with Gasteiger partial charge in [-0.2, -0.15) is 0 Å². The molecule has 1 unspecified atom stereocenters. The van der Waals surface area contributed by atoms with Gasteiger partial charge in [0.15, 0.2) is 0 Å². The summed E-state index contributed by atoms with van der Waals surface area (Å²) in [5, 5.41) is 2.04. The number of hydrazine groups is 1. The minimum atomic E-state index is -0.229. The lowest BCUT2D eigenvalue weighted by Crippen LogP contribution is -2.29. The van der Waals surface area contributed by atoms with E-state index in [2.05, 4.69) is 27.4 Å². The van der Waals surface area contributed by atoms with Crippen LogP contribution in [-0.4, -0.2) is 0 Å². The standard InChI is InChI=1S/C13H14BrFN2S/c14-9-3-5-12(15)11(8-9)13(17-16)6-4-10-2-1-7-18-10/h1-3,5,7-8,13,17H,4,6,16H2. The van der Waals surface area contributed by atoms with E-state index in [0.717, 1.165) is 17.3 Å². The maximum Gasteiger partial charge on any atom is 0.128 e. The fraction of sp³-hybridized carbons (Fsp3) is 0.231. The number of hydrogen-bond acceptors (Lipinski definition) is 3. The SMILES string of the molecule is NNC(CCc1cccs1)c1cc(Br)ccc1F. The van der Waals surface area contributed by atoms with Gasteiger partial charge in [-0.05, 0) is 42.5 Å². The molecule has 1 heterocycles. The van der Waals surface area contributed by atoms with E-state index in [1.54, 1.807) is 23.5 Å². The van der Waals surface area contributed by atoms with Crippen molar-refractivity contribution in [1.29, 1.82) is 0 Å². The molecule has 5 heteroatoms. The largest absolute Gasteiger partial charge is 0.271 e. The van der Waals surface area contributed by atoms with Crippen LogP contribution in [0.1, 0.15) is 22.9 Å². The second-order valence-corrected chi connectivity index (χ2v) is 5.95. The van der Waals surface area contributed by atoms with Gasteiger partial charge in [0.25, 0.3) is 0 Å². The van der Waals surface area contributed by atoms with Crippen LogP contribution in [0.15, 0.2) is 40.2 Å². The number of nitrogens with two attached hydrogens (primary N) is 1. The highest BCUT2D eigenvalue weighted by atomic mass is 79.9. The van der Waals surface area contributed by atoms with E-state index < -0.39 is 0 Å². The van der Waals surface area contributed by atoms with Crippen molar-refractivity contribution in [3.63, 3.8) is 0 Å². The number of nitrogens with one attached hydrogen (secondary N) is 1. The fourth-order valence-corrected chi connectivity index (χ4v) is 2.96. The number of halogens is 2. The van der Waals surface area contributed by atoms with Crippen LogP contribution in [0.5, 0.6) is 0 Å². The van der Waals surface area contributed by atoms with Crippen LogP contribution in [0.4, 0.5) is 4.39 Å². The molecule has 0 radical (unpaired) electrons. The van der Waals surface area contributed by atoms with E-state index in [-0.39, 0.29) is 11.9 Å². The van der Waals surface area contributed by atoms with Gasteiger partial charge in [0.2, 0.25) is 0 Å². The van der Waals surface area contributed by atoms with Crippen molar-refractivity contribution < 1.29 is 4.39 Å². The van der Waals surface area contributed by atoms with Gasteiger partial charge in [-0.15, -0.1) is 11.3 Å². The third-order valence-corrected chi connectivity index (χ3v) is 4.22. The van der Waals surface area contributed by atoms with Crippen molar-refractivity contribution in [2.75, 3.05) is 0 Å². The minimum Gasteiger partial charge on any atom is -0.271 e. The molecule has 96 valence electrons. The Morgan fingerprint density at radius 2 is 2.22 bits per heavy atom. The Balaban J connectivity index is 2.10. The van der Waals surface area contributed by atoms with Gasteiger partial charge in [0.05, 0.1) is 0 Å². The van der Waals surface area contributed by atoms with Gasteiger partial charge < -0.3 is 0 Å². The molecule has 0 saturated heterocycles. The van der Waals surface area contributed by atoms with Gasteiger partial charge in [-0.1, -0.05) is 22.0 Å². The molecule has 1 atom stereocenters. The summed E-state index contributed by atoms with van der Waals surface area (Å²) in [6, 6.07) is 8.83. The highest BCUT2D eigenvalue weighted by Crippen LogP contribution is 2.25. The average Bonchev–Trinajstić information content (AvgIpc) is 2.87. The molecule has 3 N–H and O–H groups in total. The van der Waals surface area contributed by atoms with Gasteiger partial charge in [-0.25, -0.2) is 4.39 Å². The Hall–Kier alpha value is -0.750. The lowest BCUT2D eigenvalue weighted by atomic mass is 10.0. The Labute approximate surface area is 118 Å². The number of rotatable bonds is 5. The Morgan fingerprint density at radius 1 is 1.39 bits per heavy atom. The van der Waals surface area contributed by atoms with Crippen molar-refractivity contribution in [3.8, 4) is 0 Å². The molecule has 1 aromatic carbocycles. The molecule has 2 aromatic rings. The molecule has 0 aliphatic carbocycles. The van der Waals surface area contributed by atoms with E-state index in [4.69, 9.17) is 5.84 Å². The van der Waals surface area contributed by atoms with E-state index in [0.29, 0.717) is 5.56 Å². The number of hydrogen-bond donors (Lipinski definition) is 2. The van der Waals surface area contributed by atoms with Crippen LogP contribution in [0.25, 0.3) is 0 Å². The predicted molar refractivity (Wildman–Crippen MR) is 76.8 cm³/mol. The molecule has 0 aliphatic heterocycles. The highest BCUT2D eigenvalue weighted by Gasteiger charge is 2.15. The lowest BCUT2D eigenvalue weighted by molar-refractivity contribution is 0.486. The normalized spacial score (nSPS) is 12.6. The quantitative estimate of drug-likeness (QED) is 0.647. The second kappa shape index (κ2) is 6.43. The summed E-state index contributed by atoms with van der Waals surface area (Å²) in [6.45, 7) is 0. The van der Waals surface area contributed by atoms with Gasteiger partial charge >= 0.3 is 0 Å². The molecule has 0 aliphatic rings. The first-order valence-corrected chi connectivity index (χ1v) is 7.31. The fourth-order valence-electron chi connectivity index (χ4n) is 1.85. The summed E-state index contributed by atoms with van der Waals surface area (Å²) in [5.41, 5.74) is 3.29. The zero-order chi connectivity index (χ0) is 13.0. The third-order valence-electron chi connectivity index (χ3n) is 2.79. The van der Waals surface area contributed by atoms with Gasteiger partial charge in [-0.3, -0.25) is 11.3 Å². The van der Waals surface area contributed by atoms with Crippen LogP contribution in [0.2, 0.25) is 0 Å². The highest BCUT2D eigenvalue weighted by molar-refractivity contribution is 9.10. The number of aryl methyl sites for hydroxylation is 1. The molecular formula is C13H14BrFN2S. The summed E-state index contributed by atoms with van der Waals surface area (Å²) >= 11 is 5.06. The van der Waals surface area contributed by atoms with E-state index in [1.807, 2.05) is 11.4 Å². The second-order valence-electron chi connectivity index (χ2n) is 4.00. The van der Waals surface area contributed by atoms with E-state index >= 15 is 0 Å². The summed E-state index contributed by atoms with van der Waals surface area (Å²) < 4.78 is 14.6. The Kier molecular flexibility index (Phi) is 4.88. The van der Waals surface area contributed by atoms with Crippen molar-refractivity contribution in [1.82, 2.24) is 5.43 Å². The predicted octanol–water partition coefficient (Wildman–Crippen LogP) is 3.79. The van der Waals surface area contributed by atoms with E-state index in [1.165, 1.54) is 10.9 Å². The zero-order valence-electron chi connectivity index (χ0n) is 9.70. The monoisotopic (exact) mass is 328 g/mol. The summed E-state index contributed by atoms with van der Waals surface area (Å²) in [6.07, 6.45) is 1.66. The van der Waals surface area contributed by atoms with Crippen LogP contribution in [0.3, 0.4) is 0 Å². The zero-order valence-corrected chi connectivity index (χ0v) is 12.1. The Morgan fingerprint density at radius 3 is 2.89 bits per heavy atom. The first-order valence-electron chi connectivity index (χ1n) is 5.64. The smallest absolute Gasteiger partial charge is 0.128 e. The molecule has 0 amide bonds. The number of thiophene rings is 1. The maximum absolute atomic E-state index is 13.8. The van der Waals surface area contributed by atoms with E-state index in [9.17, 15) is 4.39 Å². The van der Waals surface area contributed by atoms with Crippen molar-refractivity contribution >= 4 is 27.3 Å². The molecule has 0 bridgehead atoms. The van der Waals surface area contributed by atoms with Crippen LogP contribution in [0, 0.1) is 5.82 Å². The molecule has 1 aromatic heterocycles. The Bertz CT molecular complexity index is 502. The number of benzene rings is 1. The molecule has 2 rings (SSSR count). The van der Waals surface area contributed by atoms with Crippen LogP contribution in [-0.2, 0) is 6.42 Å². The van der Waals surface area contributed by atoms with Gasteiger partial charge in [0.1, 0.15) is 5.82 Å². The minimum absolute atomic E-state index is 0.176. The van der Waals surface area contributed by atoms with Crippen LogP contribution >= 0.6 is 27.3 Å². The lowest BCUT2D eigenvalue weighted by Gasteiger charge is -2.17. The molecule has 0 fully saturated rings. The summed E-state index contributed by atoms with van der Waals surface area (Å²) in [5.74, 6) is 5.31. The maximum atomic E-state index is 13.8. The molecule has 0 spiro atoms. The summed E-state index contributed by atoms with van der Waals surface area (Å²) in [4.78, 5) is 1.28. The van der Waals surface area contributed by atoms with Gasteiger partial charge in [0, 0.05) is 21.0 Å². The molecule has 2 nitrogen and oxygen atoms in total. The third kappa shape index (κ3) is 3.38. The topological polar surface area (TPSA) is 38.0 Å².